The summed E-state index contributed by atoms with van der Waals surface area (Å²) in [6, 6.07) is 5.71. The van der Waals surface area contributed by atoms with E-state index in [0.717, 1.165) is 43.8 Å². The van der Waals surface area contributed by atoms with Gasteiger partial charge in [-0.2, -0.15) is 15.1 Å². The van der Waals surface area contributed by atoms with Crippen LogP contribution in [0.1, 0.15) is 44.3 Å². The van der Waals surface area contributed by atoms with Gasteiger partial charge in [-0.3, -0.25) is 5.43 Å². The highest BCUT2D eigenvalue weighted by atomic mass is 16.3. The Morgan fingerprint density at radius 1 is 0.962 bits per heavy atom. The number of hydrogen-bond donors (Lipinski definition) is 1. The fraction of sp³-hybridized carbons (Fsp3) is 0.526. The van der Waals surface area contributed by atoms with Crippen molar-refractivity contribution < 1.29 is 4.42 Å². The quantitative estimate of drug-likeness (QED) is 0.655. The van der Waals surface area contributed by atoms with E-state index in [2.05, 4.69) is 20.3 Å². The minimum atomic E-state index is 0.707. The Morgan fingerprint density at radius 3 is 2.38 bits per heavy atom. The van der Waals surface area contributed by atoms with E-state index in [1.54, 1.807) is 12.5 Å². The Kier molecular flexibility index (Phi) is 5.33. The Morgan fingerprint density at radius 2 is 1.69 bits per heavy atom. The normalized spacial score (nSPS) is 18.5. The standard InChI is InChI=1S/C19H26N6O/c1-3-9-24(10-4-1)18-14-17(23-20-15-16-8-7-13-26-16)21-19(22-18)25-11-5-2-6-12-25/h7-8,13-15H,1-6,9-12H2,(H,21,22,23). The zero-order valence-corrected chi connectivity index (χ0v) is 15.1. The maximum Gasteiger partial charge on any atom is 0.229 e. The van der Waals surface area contributed by atoms with E-state index in [-0.39, 0.29) is 0 Å². The molecule has 0 amide bonds. The Labute approximate surface area is 154 Å². The zero-order chi connectivity index (χ0) is 17.6. The Hall–Kier alpha value is -2.57. The van der Waals surface area contributed by atoms with Gasteiger partial charge in [0.25, 0.3) is 0 Å². The van der Waals surface area contributed by atoms with Crippen molar-refractivity contribution in [2.75, 3.05) is 41.4 Å². The number of furan rings is 1. The molecule has 2 aliphatic heterocycles. The Balaban J connectivity index is 1.56. The van der Waals surface area contributed by atoms with Crippen LogP contribution in [0.15, 0.2) is 34.0 Å². The van der Waals surface area contributed by atoms with Gasteiger partial charge in [-0.25, -0.2) is 0 Å². The molecule has 0 spiro atoms. The van der Waals surface area contributed by atoms with Crippen LogP contribution in [0.5, 0.6) is 0 Å². The van der Waals surface area contributed by atoms with Crippen LogP contribution < -0.4 is 15.2 Å². The number of nitrogens with one attached hydrogen (secondary N) is 1. The van der Waals surface area contributed by atoms with Crippen LogP contribution >= 0.6 is 0 Å². The molecular weight excluding hydrogens is 328 g/mol. The molecule has 4 rings (SSSR count). The van der Waals surface area contributed by atoms with Crippen molar-refractivity contribution in [3.8, 4) is 0 Å². The molecule has 0 aromatic carbocycles. The van der Waals surface area contributed by atoms with Gasteiger partial charge in [-0.15, -0.1) is 0 Å². The van der Waals surface area contributed by atoms with Crippen molar-refractivity contribution in [2.45, 2.75) is 38.5 Å². The van der Waals surface area contributed by atoms with Crippen LogP contribution in [-0.4, -0.2) is 42.4 Å². The molecule has 7 nitrogen and oxygen atoms in total. The first-order valence-electron chi connectivity index (χ1n) is 9.60. The van der Waals surface area contributed by atoms with Crippen LogP contribution in [0.2, 0.25) is 0 Å². The van der Waals surface area contributed by atoms with Gasteiger partial charge >= 0.3 is 0 Å². The van der Waals surface area contributed by atoms with Crippen molar-refractivity contribution in [3.63, 3.8) is 0 Å². The lowest BCUT2D eigenvalue weighted by atomic mass is 10.1. The summed E-state index contributed by atoms with van der Waals surface area (Å²) >= 11 is 0. The maximum atomic E-state index is 5.27. The highest BCUT2D eigenvalue weighted by Crippen LogP contribution is 2.25. The fourth-order valence-electron chi connectivity index (χ4n) is 3.53. The molecule has 7 heteroatoms. The highest BCUT2D eigenvalue weighted by molar-refractivity contribution is 5.76. The van der Waals surface area contributed by atoms with Crippen molar-refractivity contribution in [3.05, 3.63) is 30.2 Å². The van der Waals surface area contributed by atoms with E-state index in [0.29, 0.717) is 5.76 Å². The minimum Gasteiger partial charge on any atom is -0.463 e. The summed E-state index contributed by atoms with van der Waals surface area (Å²) in [6.45, 7) is 4.17. The summed E-state index contributed by atoms with van der Waals surface area (Å²) in [5, 5.41) is 4.26. The molecule has 2 aromatic rings. The lowest BCUT2D eigenvalue weighted by molar-refractivity contribution is 0.560. The van der Waals surface area contributed by atoms with Crippen LogP contribution in [0, 0.1) is 0 Å². The van der Waals surface area contributed by atoms with Crippen LogP contribution in [-0.2, 0) is 0 Å². The first-order valence-corrected chi connectivity index (χ1v) is 9.60. The third kappa shape index (κ3) is 4.15. The molecular formula is C19H26N6O. The van der Waals surface area contributed by atoms with Crippen molar-refractivity contribution in [1.82, 2.24) is 9.97 Å². The van der Waals surface area contributed by atoms with Crippen LogP contribution in [0.25, 0.3) is 0 Å². The molecule has 2 aromatic heterocycles. The number of anilines is 3. The third-order valence-corrected chi connectivity index (χ3v) is 4.93. The monoisotopic (exact) mass is 354 g/mol. The largest absolute Gasteiger partial charge is 0.463 e. The number of aromatic nitrogens is 2. The first kappa shape index (κ1) is 16.9. The topological polar surface area (TPSA) is 69.8 Å². The maximum absolute atomic E-state index is 5.27. The van der Waals surface area contributed by atoms with E-state index in [4.69, 9.17) is 14.4 Å². The molecule has 0 aliphatic carbocycles. The number of hydrogen-bond acceptors (Lipinski definition) is 7. The molecule has 0 radical (unpaired) electrons. The summed E-state index contributed by atoms with van der Waals surface area (Å²) in [7, 11) is 0. The van der Waals surface area contributed by atoms with E-state index < -0.39 is 0 Å². The lowest BCUT2D eigenvalue weighted by Gasteiger charge is -2.31. The predicted molar refractivity (Wildman–Crippen MR) is 104 cm³/mol. The molecule has 0 bridgehead atoms. The molecule has 2 saturated heterocycles. The summed E-state index contributed by atoms with van der Waals surface area (Å²) in [5.74, 6) is 3.24. The van der Waals surface area contributed by atoms with Gasteiger partial charge in [-0.1, -0.05) is 0 Å². The number of rotatable bonds is 5. The fourth-order valence-corrected chi connectivity index (χ4v) is 3.53. The van der Waals surface area contributed by atoms with E-state index >= 15 is 0 Å². The summed E-state index contributed by atoms with van der Waals surface area (Å²) < 4.78 is 5.27. The molecule has 4 heterocycles. The van der Waals surface area contributed by atoms with Crippen LogP contribution in [0.4, 0.5) is 17.6 Å². The molecule has 0 atom stereocenters. The van der Waals surface area contributed by atoms with Crippen LogP contribution in [0.3, 0.4) is 0 Å². The average Bonchev–Trinajstić information content (AvgIpc) is 3.23. The number of nitrogens with zero attached hydrogens (tertiary/aromatic N) is 5. The van der Waals surface area contributed by atoms with Gasteiger partial charge in [0.15, 0.2) is 5.82 Å². The number of piperidine rings is 2. The molecule has 2 aliphatic rings. The zero-order valence-electron chi connectivity index (χ0n) is 15.1. The van der Waals surface area contributed by atoms with Gasteiger partial charge in [0.2, 0.25) is 5.95 Å². The second-order valence-corrected chi connectivity index (χ2v) is 6.89. The van der Waals surface area contributed by atoms with Gasteiger partial charge in [0.05, 0.1) is 12.5 Å². The smallest absolute Gasteiger partial charge is 0.229 e. The summed E-state index contributed by atoms with van der Waals surface area (Å²) in [4.78, 5) is 14.2. The first-order chi connectivity index (χ1) is 12.9. The summed E-state index contributed by atoms with van der Waals surface area (Å²) in [5.41, 5.74) is 3.05. The SMILES string of the molecule is C(=NNc1cc(N2CCCCC2)nc(N2CCCCC2)n1)c1ccco1. The van der Waals surface area contributed by atoms with Gasteiger partial charge in [0.1, 0.15) is 11.6 Å². The molecule has 0 unspecified atom stereocenters. The van der Waals surface area contributed by atoms with E-state index in [1.807, 2.05) is 18.2 Å². The van der Waals surface area contributed by atoms with E-state index in [9.17, 15) is 0 Å². The second kappa shape index (κ2) is 8.21. The van der Waals surface area contributed by atoms with Crippen molar-refractivity contribution in [2.24, 2.45) is 5.10 Å². The second-order valence-electron chi connectivity index (χ2n) is 6.89. The molecule has 26 heavy (non-hydrogen) atoms. The average molecular weight is 354 g/mol. The molecule has 1 N–H and O–H groups in total. The van der Waals surface area contributed by atoms with Gasteiger partial charge in [0, 0.05) is 32.2 Å². The summed E-state index contributed by atoms with van der Waals surface area (Å²) in [6.07, 6.45) is 10.7. The third-order valence-electron chi connectivity index (χ3n) is 4.93. The molecule has 0 saturated carbocycles. The predicted octanol–water partition coefficient (Wildman–Crippen LogP) is 3.50. The highest BCUT2D eigenvalue weighted by Gasteiger charge is 2.19. The Bertz CT molecular complexity index is 681. The van der Waals surface area contributed by atoms with Crippen molar-refractivity contribution in [1.29, 1.82) is 0 Å². The van der Waals surface area contributed by atoms with Gasteiger partial charge in [-0.05, 0) is 50.7 Å². The lowest BCUT2D eigenvalue weighted by Crippen LogP contribution is -2.33. The van der Waals surface area contributed by atoms with Gasteiger partial charge < -0.3 is 14.2 Å². The van der Waals surface area contributed by atoms with Crippen molar-refractivity contribution >= 4 is 23.8 Å². The minimum absolute atomic E-state index is 0.707. The number of hydrazone groups is 1. The van der Waals surface area contributed by atoms with E-state index in [1.165, 1.54) is 38.5 Å². The molecule has 2 fully saturated rings. The molecule has 138 valence electrons.